The van der Waals surface area contributed by atoms with Gasteiger partial charge in [-0.1, -0.05) is 46.3 Å². The van der Waals surface area contributed by atoms with Crippen LogP contribution >= 0.6 is 28.6 Å². The molecule has 0 aliphatic carbocycles. The van der Waals surface area contributed by atoms with E-state index in [9.17, 15) is 4.79 Å². The number of thiol groups is 1. The van der Waals surface area contributed by atoms with Gasteiger partial charge in [-0.3, -0.25) is 4.79 Å². The molecule has 0 saturated carbocycles. The summed E-state index contributed by atoms with van der Waals surface area (Å²) in [6.45, 7) is 0.488. The van der Waals surface area contributed by atoms with E-state index in [1.54, 1.807) is 12.1 Å². The first-order chi connectivity index (χ1) is 8.68. The summed E-state index contributed by atoms with van der Waals surface area (Å²) >= 11 is 7.72. The molecule has 0 fully saturated rings. The van der Waals surface area contributed by atoms with Crippen LogP contribution < -0.4 is 5.32 Å². The van der Waals surface area contributed by atoms with Crippen LogP contribution in [0.5, 0.6) is 0 Å². The summed E-state index contributed by atoms with van der Waals surface area (Å²) in [4.78, 5) is 12.7. The number of halogens is 1. The topological polar surface area (TPSA) is 29.1 Å². The Balaban J connectivity index is 2.06. The summed E-state index contributed by atoms with van der Waals surface area (Å²) in [5.74, 6) is -0.114. The first-order valence-electron chi connectivity index (χ1n) is 5.48. The van der Waals surface area contributed by atoms with Gasteiger partial charge in [0.05, 0.1) is 5.56 Å². The van der Waals surface area contributed by atoms with Crippen molar-refractivity contribution >= 4 is 34.5 Å². The van der Waals surface area contributed by atoms with Crippen molar-refractivity contribution in [2.75, 3.05) is 0 Å². The van der Waals surface area contributed by atoms with Gasteiger partial charge in [0.25, 0.3) is 5.91 Å². The van der Waals surface area contributed by atoms with Crippen molar-refractivity contribution in [1.29, 1.82) is 0 Å². The lowest BCUT2D eigenvalue weighted by Gasteiger charge is -2.08. The second-order valence-corrected chi connectivity index (χ2v) is 5.13. The average molecular weight is 322 g/mol. The van der Waals surface area contributed by atoms with Crippen LogP contribution in [0.4, 0.5) is 0 Å². The van der Waals surface area contributed by atoms with E-state index in [-0.39, 0.29) is 5.91 Å². The lowest BCUT2D eigenvalue weighted by atomic mass is 10.2. The predicted octanol–water partition coefficient (Wildman–Crippen LogP) is 3.67. The zero-order valence-corrected chi connectivity index (χ0v) is 12.0. The third kappa shape index (κ3) is 3.15. The fourth-order valence-corrected chi connectivity index (χ4v) is 2.27. The van der Waals surface area contributed by atoms with Crippen LogP contribution in [-0.2, 0) is 6.54 Å². The van der Waals surface area contributed by atoms with Crippen molar-refractivity contribution in [1.82, 2.24) is 5.32 Å². The summed E-state index contributed by atoms with van der Waals surface area (Å²) < 4.78 is 0.990. The van der Waals surface area contributed by atoms with E-state index in [1.807, 2.05) is 36.4 Å². The Morgan fingerprint density at radius 3 is 2.50 bits per heavy atom. The SMILES string of the molecule is O=C(NCc1ccccc1Br)c1ccccc1S. The highest BCUT2D eigenvalue weighted by Crippen LogP contribution is 2.16. The minimum Gasteiger partial charge on any atom is -0.348 e. The Labute approximate surface area is 120 Å². The van der Waals surface area contributed by atoms with E-state index in [4.69, 9.17) is 0 Å². The first kappa shape index (κ1) is 13.2. The molecule has 0 spiro atoms. The zero-order valence-electron chi connectivity index (χ0n) is 9.56. The predicted molar refractivity (Wildman–Crippen MR) is 79.0 cm³/mol. The van der Waals surface area contributed by atoms with Crippen LogP contribution in [0, 0.1) is 0 Å². The Bertz CT molecular complexity index is 571. The van der Waals surface area contributed by atoms with E-state index >= 15 is 0 Å². The number of nitrogens with one attached hydrogen (secondary N) is 1. The lowest BCUT2D eigenvalue weighted by Crippen LogP contribution is -2.23. The van der Waals surface area contributed by atoms with Crippen LogP contribution in [0.2, 0.25) is 0 Å². The molecule has 4 heteroatoms. The fourth-order valence-electron chi connectivity index (χ4n) is 1.58. The van der Waals surface area contributed by atoms with Crippen molar-refractivity contribution in [3.63, 3.8) is 0 Å². The Kier molecular flexibility index (Phi) is 4.44. The van der Waals surface area contributed by atoms with E-state index in [0.717, 1.165) is 10.0 Å². The molecule has 0 bridgehead atoms. The largest absolute Gasteiger partial charge is 0.348 e. The average Bonchev–Trinajstić information content (AvgIpc) is 2.38. The maximum absolute atomic E-state index is 12.0. The molecule has 0 aliphatic heterocycles. The first-order valence-corrected chi connectivity index (χ1v) is 6.72. The summed E-state index contributed by atoms with van der Waals surface area (Å²) in [7, 11) is 0. The van der Waals surface area contributed by atoms with E-state index < -0.39 is 0 Å². The molecule has 0 unspecified atom stereocenters. The molecule has 0 heterocycles. The van der Waals surface area contributed by atoms with Gasteiger partial charge in [0, 0.05) is 15.9 Å². The lowest BCUT2D eigenvalue weighted by molar-refractivity contribution is 0.0948. The van der Waals surface area contributed by atoms with Gasteiger partial charge in [0.1, 0.15) is 0 Å². The number of carbonyl (C=O) groups excluding carboxylic acids is 1. The third-order valence-corrected chi connectivity index (χ3v) is 3.71. The molecule has 18 heavy (non-hydrogen) atoms. The monoisotopic (exact) mass is 321 g/mol. The Morgan fingerprint density at radius 2 is 1.78 bits per heavy atom. The highest BCUT2D eigenvalue weighted by atomic mass is 79.9. The van der Waals surface area contributed by atoms with Gasteiger partial charge >= 0.3 is 0 Å². The smallest absolute Gasteiger partial charge is 0.252 e. The van der Waals surface area contributed by atoms with Crippen molar-refractivity contribution in [3.8, 4) is 0 Å². The number of benzene rings is 2. The normalized spacial score (nSPS) is 10.1. The number of hydrogen-bond donors (Lipinski definition) is 2. The van der Waals surface area contributed by atoms with E-state index in [2.05, 4.69) is 33.9 Å². The summed E-state index contributed by atoms with van der Waals surface area (Å²) in [5, 5.41) is 2.88. The second kappa shape index (κ2) is 6.07. The zero-order chi connectivity index (χ0) is 13.0. The van der Waals surface area contributed by atoms with Crippen LogP contribution in [-0.4, -0.2) is 5.91 Å². The van der Waals surface area contributed by atoms with Gasteiger partial charge in [0.2, 0.25) is 0 Å². The third-order valence-electron chi connectivity index (χ3n) is 2.55. The number of rotatable bonds is 3. The molecule has 2 aromatic carbocycles. The molecule has 1 amide bonds. The summed E-state index contributed by atoms with van der Waals surface area (Å²) in [6, 6.07) is 15.1. The van der Waals surface area contributed by atoms with Crippen LogP contribution in [0.1, 0.15) is 15.9 Å². The van der Waals surface area contributed by atoms with Crippen molar-refractivity contribution in [2.45, 2.75) is 11.4 Å². The van der Waals surface area contributed by atoms with Crippen molar-refractivity contribution in [3.05, 3.63) is 64.1 Å². The second-order valence-electron chi connectivity index (χ2n) is 3.79. The highest BCUT2D eigenvalue weighted by Gasteiger charge is 2.08. The van der Waals surface area contributed by atoms with Crippen LogP contribution in [0.15, 0.2) is 57.9 Å². The molecule has 92 valence electrons. The van der Waals surface area contributed by atoms with Gasteiger partial charge in [-0.15, -0.1) is 12.6 Å². The Morgan fingerprint density at radius 1 is 1.11 bits per heavy atom. The molecule has 0 aliphatic rings. The van der Waals surface area contributed by atoms with Gasteiger partial charge in [-0.05, 0) is 23.8 Å². The van der Waals surface area contributed by atoms with Crippen molar-refractivity contribution < 1.29 is 4.79 Å². The van der Waals surface area contributed by atoms with Crippen LogP contribution in [0.3, 0.4) is 0 Å². The standard InChI is InChI=1S/C14H12BrNOS/c15-12-7-3-1-5-10(12)9-16-14(17)11-6-2-4-8-13(11)18/h1-8,18H,9H2,(H,16,17). The van der Waals surface area contributed by atoms with Crippen LogP contribution in [0.25, 0.3) is 0 Å². The van der Waals surface area contributed by atoms with Crippen molar-refractivity contribution in [2.24, 2.45) is 0 Å². The molecular weight excluding hydrogens is 310 g/mol. The van der Waals surface area contributed by atoms with Gasteiger partial charge < -0.3 is 5.32 Å². The molecule has 0 saturated heterocycles. The van der Waals surface area contributed by atoms with Gasteiger partial charge in [-0.2, -0.15) is 0 Å². The molecule has 1 N–H and O–H groups in total. The minimum absolute atomic E-state index is 0.114. The van der Waals surface area contributed by atoms with E-state index in [0.29, 0.717) is 17.0 Å². The minimum atomic E-state index is -0.114. The number of hydrogen-bond acceptors (Lipinski definition) is 2. The Hall–Kier alpha value is -1.26. The summed E-state index contributed by atoms with van der Waals surface area (Å²) in [6.07, 6.45) is 0. The number of amides is 1. The highest BCUT2D eigenvalue weighted by molar-refractivity contribution is 9.10. The maximum Gasteiger partial charge on any atom is 0.252 e. The van der Waals surface area contributed by atoms with Gasteiger partial charge in [-0.25, -0.2) is 0 Å². The molecule has 0 aromatic heterocycles. The molecule has 0 radical (unpaired) electrons. The maximum atomic E-state index is 12.0. The molecule has 2 nitrogen and oxygen atoms in total. The number of carbonyl (C=O) groups is 1. The summed E-state index contributed by atoms with van der Waals surface area (Å²) in [5.41, 5.74) is 1.63. The van der Waals surface area contributed by atoms with Gasteiger partial charge in [0.15, 0.2) is 0 Å². The fraction of sp³-hybridized carbons (Fsp3) is 0.0714. The quantitative estimate of drug-likeness (QED) is 0.830. The van der Waals surface area contributed by atoms with E-state index in [1.165, 1.54) is 0 Å². The molecular formula is C14H12BrNOS. The molecule has 0 atom stereocenters. The molecule has 2 aromatic rings. The molecule has 2 rings (SSSR count).